The van der Waals surface area contributed by atoms with Crippen molar-refractivity contribution in [3.8, 4) is 17.1 Å². The third-order valence-electron chi connectivity index (χ3n) is 5.00. The average molecular weight is 406 g/mol. The molecule has 2 aromatic carbocycles. The standard InChI is InChI=1S/C23H23N3O2S/c1-15-13-22(26-23(24-15)17-7-10-18(28-2)11-8-17)29-14-21(27)25-20-12-9-16-5-3-4-6-19(16)20/h3-8,10-11,13,20H,9,12,14H2,1-2H3,(H,25,27)/t20-/m1/s1. The number of thioether (sulfide) groups is 1. The summed E-state index contributed by atoms with van der Waals surface area (Å²) in [5.74, 6) is 1.80. The SMILES string of the molecule is COc1ccc(-c2nc(C)cc(SCC(=O)N[C@@H]3CCc4ccccc43)n2)cc1. The number of hydrogen-bond donors (Lipinski definition) is 1. The van der Waals surface area contributed by atoms with Gasteiger partial charge in [-0.25, -0.2) is 9.97 Å². The first-order chi connectivity index (χ1) is 14.1. The number of aromatic nitrogens is 2. The second kappa shape index (κ2) is 8.66. The van der Waals surface area contributed by atoms with Gasteiger partial charge in [-0.3, -0.25) is 4.79 Å². The lowest BCUT2D eigenvalue weighted by Crippen LogP contribution is -2.28. The number of methoxy groups -OCH3 is 1. The summed E-state index contributed by atoms with van der Waals surface area (Å²) in [5.41, 5.74) is 4.37. The van der Waals surface area contributed by atoms with E-state index in [1.807, 2.05) is 43.3 Å². The van der Waals surface area contributed by atoms with Crippen molar-refractivity contribution in [2.45, 2.75) is 30.8 Å². The van der Waals surface area contributed by atoms with Crippen LogP contribution < -0.4 is 10.1 Å². The van der Waals surface area contributed by atoms with Gasteiger partial charge in [-0.15, -0.1) is 0 Å². The zero-order valence-corrected chi connectivity index (χ0v) is 17.3. The third-order valence-corrected chi connectivity index (χ3v) is 5.91. The van der Waals surface area contributed by atoms with Gasteiger partial charge in [-0.05, 0) is 61.2 Å². The molecule has 0 bridgehead atoms. The number of nitrogens with zero attached hydrogens (tertiary/aromatic N) is 2. The van der Waals surface area contributed by atoms with E-state index in [-0.39, 0.29) is 11.9 Å². The van der Waals surface area contributed by atoms with E-state index < -0.39 is 0 Å². The van der Waals surface area contributed by atoms with Gasteiger partial charge in [0, 0.05) is 11.3 Å². The Bertz CT molecular complexity index is 1020. The van der Waals surface area contributed by atoms with Crippen molar-refractivity contribution < 1.29 is 9.53 Å². The first-order valence-corrected chi connectivity index (χ1v) is 10.6. The minimum atomic E-state index is 0.0268. The van der Waals surface area contributed by atoms with E-state index in [4.69, 9.17) is 4.74 Å². The largest absolute Gasteiger partial charge is 0.497 e. The molecule has 3 aromatic rings. The number of fused-ring (bicyclic) bond motifs is 1. The molecule has 1 N–H and O–H groups in total. The van der Waals surface area contributed by atoms with Crippen molar-refractivity contribution in [1.82, 2.24) is 15.3 Å². The van der Waals surface area contributed by atoms with Gasteiger partial charge in [0.15, 0.2) is 5.82 Å². The van der Waals surface area contributed by atoms with Gasteiger partial charge in [-0.1, -0.05) is 36.0 Å². The Balaban J connectivity index is 1.40. The van der Waals surface area contributed by atoms with Crippen molar-refractivity contribution in [3.05, 3.63) is 71.4 Å². The topological polar surface area (TPSA) is 64.1 Å². The van der Waals surface area contributed by atoms with Crippen LogP contribution in [0.15, 0.2) is 59.6 Å². The Labute approximate surface area is 174 Å². The molecule has 4 rings (SSSR count). The maximum absolute atomic E-state index is 12.5. The Hall–Kier alpha value is -2.86. The quantitative estimate of drug-likeness (QED) is 0.488. The minimum Gasteiger partial charge on any atom is -0.497 e. The van der Waals surface area contributed by atoms with Crippen LogP contribution in [0.5, 0.6) is 5.75 Å². The molecule has 0 radical (unpaired) electrons. The zero-order chi connectivity index (χ0) is 20.2. The number of rotatable bonds is 6. The number of hydrogen-bond acceptors (Lipinski definition) is 5. The molecule has 6 heteroatoms. The lowest BCUT2D eigenvalue weighted by Gasteiger charge is -2.14. The van der Waals surface area contributed by atoms with Crippen molar-refractivity contribution in [1.29, 1.82) is 0 Å². The van der Waals surface area contributed by atoms with E-state index in [0.717, 1.165) is 34.9 Å². The van der Waals surface area contributed by atoms with Crippen molar-refractivity contribution in [3.63, 3.8) is 0 Å². The third kappa shape index (κ3) is 4.59. The number of carbonyl (C=O) groups excluding carboxylic acids is 1. The van der Waals surface area contributed by atoms with Crippen LogP contribution in [0, 0.1) is 6.92 Å². The number of amides is 1. The van der Waals surface area contributed by atoms with Crippen LogP contribution in [0.2, 0.25) is 0 Å². The summed E-state index contributed by atoms with van der Waals surface area (Å²) in [6.45, 7) is 1.94. The first kappa shape index (κ1) is 19.5. The molecule has 0 spiro atoms. The summed E-state index contributed by atoms with van der Waals surface area (Å²) in [5, 5.41) is 3.96. The second-order valence-electron chi connectivity index (χ2n) is 7.05. The van der Waals surface area contributed by atoms with Crippen LogP contribution in [-0.4, -0.2) is 28.7 Å². The van der Waals surface area contributed by atoms with Crippen LogP contribution in [0.3, 0.4) is 0 Å². The monoisotopic (exact) mass is 405 g/mol. The lowest BCUT2D eigenvalue weighted by molar-refractivity contribution is -0.119. The lowest BCUT2D eigenvalue weighted by atomic mass is 10.1. The molecule has 1 aliphatic carbocycles. The summed E-state index contributed by atoms with van der Waals surface area (Å²) >= 11 is 1.44. The van der Waals surface area contributed by atoms with E-state index in [0.29, 0.717) is 11.6 Å². The molecule has 1 aliphatic rings. The number of aryl methyl sites for hydroxylation is 2. The normalized spacial score (nSPS) is 15.0. The van der Waals surface area contributed by atoms with Gasteiger partial charge < -0.3 is 10.1 Å². The van der Waals surface area contributed by atoms with Gasteiger partial charge in [0.1, 0.15) is 10.8 Å². The van der Waals surface area contributed by atoms with Gasteiger partial charge in [0.25, 0.3) is 0 Å². The fraction of sp³-hybridized carbons (Fsp3) is 0.261. The van der Waals surface area contributed by atoms with Gasteiger partial charge >= 0.3 is 0 Å². The molecule has 0 saturated heterocycles. The summed E-state index contributed by atoms with van der Waals surface area (Å²) < 4.78 is 5.20. The van der Waals surface area contributed by atoms with Crippen molar-refractivity contribution >= 4 is 17.7 Å². The Kier molecular flexibility index (Phi) is 5.81. The summed E-state index contributed by atoms with van der Waals surface area (Å²) in [4.78, 5) is 21.7. The Morgan fingerprint density at radius 3 is 2.76 bits per heavy atom. The minimum absolute atomic E-state index is 0.0268. The van der Waals surface area contributed by atoms with Crippen LogP contribution in [0.1, 0.15) is 29.3 Å². The molecule has 5 nitrogen and oxygen atoms in total. The zero-order valence-electron chi connectivity index (χ0n) is 16.5. The van der Waals surface area contributed by atoms with E-state index in [2.05, 4.69) is 33.5 Å². The Morgan fingerprint density at radius 2 is 1.97 bits per heavy atom. The molecule has 29 heavy (non-hydrogen) atoms. The first-order valence-electron chi connectivity index (χ1n) is 9.62. The molecule has 0 aliphatic heterocycles. The molecule has 0 saturated carbocycles. The van der Waals surface area contributed by atoms with Gasteiger partial charge in [-0.2, -0.15) is 0 Å². The number of nitrogens with one attached hydrogen (secondary N) is 1. The number of benzene rings is 2. The molecule has 1 atom stereocenters. The highest BCUT2D eigenvalue weighted by Crippen LogP contribution is 2.31. The smallest absolute Gasteiger partial charge is 0.230 e. The highest BCUT2D eigenvalue weighted by atomic mass is 32.2. The van der Waals surface area contributed by atoms with Crippen LogP contribution in [-0.2, 0) is 11.2 Å². The highest BCUT2D eigenvalue weighted by molar-refractivity contribution is 7.99. The second-order valence-corrected chi connectivity index (χ2v) is 8.04. The van der Waals surface area contributed by atoms with Gasteiger partial charge in [0.2, 0.25) is 5.91 Å². The van der Waals surface area contributed by atoms with Crippen LogP contribution in [0.4, 0.5) is 0 Å². The molecule has 1 amide bonds. The van der Waals surface area contributed by atoms with Gasteiger partial charge in [0.05, 0.1) is 18.9 Å². The van der Waals surface area contributed by atoms with Crippen LogP contribution in [0.25, 0.3) is 11.4 Å². The summed E-state index contributed by atoms with van der Waals surface area (Å²) in [7, 11) is 1.64. The molecular weight excluding hydrogens is 382 g/mol. The van der Waals surface area contributed by atoms with E-state index in [9.17, 15) is 4.79 Å². The fourth-order valence-electron chi connectivity index (χ4n) is 3.57. The molecule has 1 aromatic heterocycles. The van der Waals surface area contributed by atoms with Crippen molar-refractivity contribution in [2.24, 2.45) is 0 Å². The highest BCUT2D eigenvalue weighted by Gasteiger charge is 2.23. The predicted molar refractivity (Wildman–Crippen MR) is 115 cm³/mol. The number of ether oxygens (including phenoxy) is 1. The summed E-state index contributed by atoms with van der Waals surface area (Å²) in [6.07, 6.45) is 1.98. The maximum atomic E-state index is 12.5. The molecule has 0 fully saturated rings. The maximum Gasteiger partial charge on any atom is 0.230 e. The molecule has 1 heterocycles. The summed E-state index contributed by atoms with van der Waals surface area (Å²) in [6, 6.07) is 18.0. The van der Waals surface area contributed by atoms with E-state index in [1.54, 1.807) is 7.11 Å². The fourth-order valence-corrected chi connectivity index (χ4v) is 4.33. The van der Waals surface area contributed by atoms with Crippen LogP contribution >= 0.6 is 11.8 Å². The Morgan fingerprint density at radius 1 is 1.17 bits per heavy atom. The average Bonchev–Trinajstić information content (AvgIpc) is 3.15. The molecule has 0 unspecified atom stereocenters. The number of carbonyl (C=O) groups is 1. The predicted octanol–water partition coefficient (Wildman–Crippen LogP) is 4.36. The van der Waals surface area contributed by atoms with E-state index >= 15 is 0 Å². The van der Waals surface area contributed by atoms with E-state index in [1.165, 1.54) is 22.9 Å². The molecular formula is C23H23N3O2S. The molecule has 148 valence electrons. The van der Waals surface area contributed by atoms with Crippen molar-refractivity contribution in [2.75, 3.05) is 12.9 Å².